The highest BCUT2D eigenvalue weighted by molar-refractivity contribution is 5.64. The van der Waals surface area contributed by atoms with E-state index in [0.29, 0.717) is 6.42 Å². The number of benzene rings is 1. The Morgan fingerprint density at radius 1 is 1.36 bits per heavy atom. The molecule has 0 unspecified atom stereocenters. The lowest BCUT2D eigenvalue weighted by molar-refractivity contribution is 0.305. The Morgan fingerprint density at radius 2 is 2.29 bits per heavy atom. The summed E-state index contributed by atoms with van der Waals surface area (Å²) in [4.78, 5) is 0. The van der Waals surface area contributed by atoms with Crippen molar-refractivity contribution in [2.45, 2.75) is 12.8 Å². The Morgan fingerprint density at radius 3 is 3.14 bits per heavy atom. The van der Waals surface area contributed by atoms with E-state index in [-0.39, 0.29) is 6.61 Å². The van der Waals surface area contributed by atoms with Gasteiger partial charge in [-0.2, -0.15) is 0 Å². The van der Waals surface area contributed by atoms with Gasteiger partial charge in [0.25, 0.3) is 0 Å². The fourth-order valence-electron chi connectivity index (χ4n) is 1.62. The molecule has 1 nitrogen and oxygen atoms in total. The first-order valence-electron chi connectivity index (χ1n) is 4.80. The summed E-state index contributed by atoms with van der Waals surface area (Å²) in [6.07, 6.45) is 5.82. The fourth-order valence-corrected chi connectivity index (χ4v) is 1.62. The average Bonchev–Trinajstić information content (AvgIpc) is 2.67. The Labute approximate surface area is 84.1 Å². The van der Waals surface area contributed by atoms with Crippen molar-refractivity contribution in [1.82, 2.24) is 0 Å². The van der Waals surface area contributed by atoms with E-state index in [1.807, 2.05) is 12.1 Å². The molecular formula is C13H12O. The van der Waals surface area contributed by atoms with Gasteiger partial charge in [-0.1, -0.05) is 36.1 Å². The summed E-state index contributed by atoms with van der Waals surface area (Å²) >= 11 is 0. The standard InChI is InChI=1S/C13H12O/c14-10-2-1-5-11-6-3-7-12-8-4-9-13(11)12/h3-4,6-8,14H,2,9-10H2. The summed E-state index contributed by atoms with van der Waals surface area (Å²) in [5.74, 6) is 6.05. The first-order chi connectivity index (χ1) is 6.92. The Balaban J connectivity index is 2.29. The molecule has 0 heterocycles. The fraction of sp³-hybridized carbons (Fsp3) is 0.231. The van der Waals surface area contributed by atoms with Gasteiger partial charge in [-0.3, -0.25) is 0 Å². The van der Waals surface area contributed by atoms with Crippen molar-refractivity contribution >= 4 is 6.08 Å². The molecule has 0 aliphatic heterocycles. The highest BCUT2D eigenvalue weighted by Crippen LogP contribution is 2.22. The molecule has 0 saturated heterocycles. The SMILES string of the molecule is OCCC#Cc1cccc2c1CC=C2. The maximum atomic E-state index is 8.62. The van der Waals surface area contributed by atoms with E-state index in [1.54, 1.807) is 0 Å². The lowest BCUT2D eigenvalue weighted by Gasteiger charge is -2.00. The van der Waals surface area contributed by atoms with Gasteiger partial charge in [0.1, 0.15) is 0 Å². The second-order valence-corrected chi connectivity index (χ2v) is 3.26. The number of hydrogen-bond donors (Lipinski definition) is 1. The molecule has 0 aromatic heterocycles. The third kappa shape index (κ3) is 1.71. The van der Waals surface area contributed by atoms with Crippen molar-refractivity contribution in [2.24, 2.45) is 0 Å². The Bertz CT molecular complexity index is 419. The van der Waals surface area contributed by atoms with Gasteiger partial charge in [-0.05, 0) is 23.6 Å². The van der Waals surface area contributed by atoms with E-state index < -0.39 is 0 Å². The number of aliphatic hydroxyl groups excluding tert-OH is 1. The van der Waals surface area contributed by atoms with Gasteiger partial charge in [-0.25, -0.2) is 0 Å². The number of allylic oxidation sites excluding steroid dienone is 1. The lowest BCUT2D eigenvalue weighted by Crippen LogP contribution is -1.87. The van der Waals surface area contributed by atoms with Crippen molar-refractivity contribution in [1.29, 1.82) is 0 Å². The average molecular weight is 184 g/mol. The van der Waals surface area contributed by atoms with Crippen molar-refractivity contribution in [3.8, 4) is 11.8 Å². The Hall–Kier alpha value is -1.52. The van der Waals surface area contributed by atoms with Crippen molar-refractivity contribution in [3.63, 3.8) is 0 Å². The minimum Gasteiger partial charge on any atom is -0.395 e. The predicted octanol–water partition coefficient (Wildman–Crippen LogP) is 1.99. The summed E-state index contributed by atoms with van der Waals surface area (Å²) in [5, 5.41) is 8.62. The van der Waals surface area contributed by atoms with Crippen LogP contribution >= 0.6 is 0 Å². The first kappa shape index (κ1) is 9.05. The van der Waals surface area contributed by atoms with Gasteiger partial charge in [-0.15, -0.1) is 0 Å². The molecule has 0 fully saturated rings. The smallest absolute Gasteiger partial charge is 0.0540 e. The van der Waals surface area contributed by atoms with Gasteiger partial charge in [0.15, 0.2) is 0 Å². The highest BCUT2D eigenvalue weighted by Gasteiger charge is 2.07. The van der Waals surface area contributed by atoms with Crippen LogP contribution in [0, 0.1) is 11.8 Å². The molecular weight excluding hydrogens is 172 g/mol. The summed E-state index contributed by atoms with van der Waals surface area (Å²) in [6.45, 7) is 0.139. The largest absolute Gasteiger partial charge is 0.395 e. The molecule has 14 heavy (non-hydrogen) atoms. The third-order valence-corrected chi connectivity index (χ3v) is 2.29. The molecule has 1 heteroatoms. The molecule has 0 spiro atoms. The van der Waals surface area contributed by atoms with Gasteiger partial charge >= 0.3 is 0 Å². The van der Waals surface area contributed by atoms with Crippen LogP contribution in [-0.2, 0) is 6.42 Å². The molecule has 1 N–H and O–H groups in total. The first-order valence-corrected chi connectivity index (χ1v) is 4.80. The minimum absolute atomic E-state index is 0.139. The van der Waals surface area contributed by atoms with Crippen LogP contribution in [0.25, 0.3) is 6.08 Å². The zero-order chi connectivity index (χ0) is 9.80. The highest BCUT2D eigenvalue weighted by atomic mass is 16.2. The van der Waals surface area contributed by atoms with E-state index in [1.165, 1.54) is 11.1 Å². The third-order valence-electron chi connectivity index (χ3n) is 2.29. The summed E-state index contributed by atoms with van der Waals surface area (Å²) in [5.41, 5.74) is 3.69. The van der Waals surface area contributed by atoms with Crippen molar-refractivity contribution < 1.29 is 5.11 Å². The molecule has 0 saturated carbocycles. The van der Waals surface area contributed by atoms with E-state index in [4.69, 9.17) is 5.11 Å². The van der Waals surface area contributed by atoms with Crippen LogP contribution in [-0.4, -0.2) is 11.7 Å². The van der Waals surface area contributed by atoms with E-state index in [0.717, 1.165) is 12.0 Å². The number of rotatable bonds is 1. The van der Waals surface area contributed by atoms with Crippen LogP contribution < -0.4 is 0 Å². The summed E-state index contributed by atoms with van der Waals surface area (Å²) in [7, 11) is 0. The van der Waals surface area contributed by atoms with Crippen LogP contribution in [0.2, 0.25) is 0 Å². The Kier molecular flexibility index (Phi) is 2.67. The maximum absolute atomic E-state index is 8.62. The maximum Gasteiger partial charge on any atom is 0.0540 e. The van der Waals surface area contributed by atoms with Crippen molar-refractivity contribution in [3.05, 3.63) is 41.0 Å². The number of aliphatic hydroxyl groups is 1. The molecule has 0 amide bonds. The lowest BCUT2D eigenvalue weighted by atomic mass is 10.0. The van der Waals surface area contributed by atoms with E-state index >= 15 is 0 Å². The van der Waals surface area contributed by atoms with Crippen LogP contribution in [0.3, 0.4) is 0 Å². The summed E-state index contributed by atoms with van der Waals surface area (Å²) < 4.78 is 0. The van der Waals surface area contributed by atoms with Crippen LogP contribution in [0.4, 0.5) is 0 Å². The number of fused-ring (bicyclic) bond motifs is 1. The normalized spacial score (nSPS) is 12.1. The molecule has 1 aliphatic rings. The van der Waals surface area contributed by atoms with Crippen LogP contribution in [0.1, 0.15) is 23.1 Å². The van der Waals surface area contributed by atoms with E-state index in [2.05, 4.69) is 30.1 Å². The predicted molar refractivity (Wildman–Crippen MR) is 57.8 cm³/mol. The molecule has 0 radical (unpaired) electrons. The quantitative estimate of drug-likeness (QED) is 0.662. The molecule has 0 atom stereocenters. The summed E-state index contributed by atoms with van der Waals surface area (Å²) in [6, 6.07) is 6.17. The molecule has 0 bridgehead atoms. The van der Waals surface area contributed by atoms with Gasteiger partial charge in [0.05, 0.1) is 6.61 Å². The minimum atomic E-state index is 0.139. The van der Waals surface area contributed by atoms with Crippen molar-refractivity contribution in [2.75, 3.05) is 6.61 Å². The van der Waals surface area contributed by atoms with Gasteiger partial charge in [0.2, 0.25) is 0 Å². The molecule has 2 rings (SSSR count). The zero-order valence-corrected chi connectivity index (χ0v) is 7.96. The molecule has 1 aliphatic carbocycles. The second kappa shape index (κ2) is 4.13. The molecule has 1 aromatic rings. The van der Waals surface area contributed by atoms with Gasteiger partial charge < -0.3 is 5.11 Å². The monoisotopic (exact) mass is 184 g/mol. The molecule has 1 aromatic carbocycles. The topological polar surface area (TPSA) is 20.2 Å². The van der Waals surface area contributed by atoms with E-state index in [9.17, 15) is 0 Å². The zero-order valence-electron chi connectivity index (χ0n) is 7.96. The molecule has 70 valence electrons. The second-order valence-electron chi connectivity index (χ2n) is 3.26. The number of hydrogen-bond acceptors (Lipinski definition) is 1. The van der Waals surface area contributed by atoms with Crippen LogP contribution in [0.15, 0.2) is 24.3 Å². The van der Waals surface area contributed by atoms with Gasteiger partial charge in [0, 0.05) is 12.0 Å². The van der Waals surface area contributed by atoms with Crippen LogP contribution in [0.5, 0.6) is 0 Å².